The Kier molecular flexibility index (Phi) is 7.60. The van der Waals surface area contributed by atoms with E-state index < -0.39 is 53.0 Å². The minimum atomic E-state index is -1.03. The number of nitrogens with zero attached hydrogens (tertiary/aromatic N) is 1. The van der Waals surface area contributed by atoms with Crippen molar-refractivity contribution in [1.82, 2.24) is 20.9 Å². The van der Waals surface area contributed by atoms with Crippen LogP contribution in [-0.4, -0.2) is 71.4 Å². The zero-order valence-corrected chi connectivity index (χ0v) is 23.3. The van der Waals surface area contributed by atoms with Crippen molar-refractivity contribution in [2.45, 2.75) is 92.0 Å². The first kappa shape index (κ1) is 28.7. The summed E-state index contributed by atoms with van der Waals surface area (Å²) < 4.78 is 5.38. The Hall–Kier alpha value is -2.85. The molecule has 3 aliphatic rings. The summed E-state index contributed by atoms with van der Waals surface area (Å²) in [5, 5.41) is 8.17. The molecule has 0 radical (unpaired) electrons. The average Bonchev–Trinajstić information content (AvgIpc) is 3.08. The van der Waals surface area contributed by atoms with Crippen molar-refractivity contribution in [3.8, 4) is 0 Å². The second-order valence-corrected chi connectivity index (χ2v) is 13.3. The molecule has 6 atom stereocenters. The van der Waals surface area contributed by atoms with Gasteiger partial charge in [-0.05, 0) is 56.3 Å². The molecule has 5 amide bonds. The molecule has 2 saturated heterocycles. The Balaban J connectivity index is 1.81. The summed E-state index contributed by atoms with van der Waals surface area (Å²) in [5.74, 6) is -2.14. The van der Waals surface area contributed by atoms with Crippen molar-refractivity contribution in [3.63, 3.8) is 0 Å². The lowest BCUT2D eigenvalue weighted by atomic mass is 9.85. The largest absolute Gasteiger partial charge is 0.444 e. The molecule has 1 aliphatic carbocycles. The van der Waals surface area contributed by atoms with Crippen molar-refractivity contribution >= 4 is 29.7 Å². The predicted molar refractivity (Wildman–Crippen MR) is 136 cm³/mol. The standard InChI is InChI=1S/C26H43N5O6/c1-24(2,3)18(30-23(36)37-25(4,5)6)22(35)31-12-14-16(26(14,7)8)17(31)21(34)29-15(19(27)32)11-13-9-10-28-20(13)33/h13-18H,9-12H2,1-8H3,(H2,27,32)(H,28,33)(H,29,34)(H,30,36)/t13-,14-,15-,16-,17?,18+/m0/s1. The second kappa shape index (κ2) is 9.79. The Bertz CT molecular complexity index is 965. The third-order valence-corrected chi connectivity index (χ3v) is 7.88. The van der Waals surface area contributed by atoms with E-state index in [2.05, 4.69) is 29.8 Å². The number of amides is 5. The number of carbonyl (C=O) groups is 5. The molecule has 1 unspecified atom stereocenters. The number of piperidine rings is 1. The number of rotatable bonds is 7. The number of hydrogen-bond acceptors (Lipinski definition) is 6. The van der Waals surface area contributed by atoms with Crippen LogP contribution in [0.25, 0.3) is 0 Å². The van der Waals surface area contributed by atoms with E-state index >= 15 is 0 Å². The molecule has 1 saturated carbocycles. The highest BCUT2D eigenvalue weighted by Gasteiger charge is 2.70. The summed E-state index contributed by atoms with van der Waals surface area (Å²) in [6, 6.07) is -2.79. The summed E-state index contributed by atoms with van der Waals surface area (Å²) in [4.78, 5) is 65.8. The van der Waals surface area contributed by atoms with Gasteiger partial charge >= 0.3 is 6.09 Å². The van der Waals surface area contributed by atoms with Gasteiger partial charge in [0, 0.05) is 19.0 Å². The van der Waals surface area contributed by atoms with E-state index in [9.17, 15) is 24.0 Å². The molecule has 2 aliphatic heterocycles. The molecule has 0 aromatic heterocycles. The number of carbonyl (C=O) groups excluding carboxylic acids is 5. The topological polar surface area (TPSA) is 160 Å². The molecule has 3 fully saturated rings. The quantitative estimate of drug-likeness (QED) is 0.389. The number of fused-ring (bicyclic) bond motifs is 1. The highest BCUT2D eigenvalue weighted by atomic mass is 16.6. The van der Waals surface area contributed by atoms with E-state index in [-0.39, 0.29) is 35.5 Å². The van der Waals surface area contributed by atoms with Crippen LogP contribution in [0.1, 0.15) is 68.2 Å². The number of nitrogens with two attached hydrogens (primary N) is 1. The summed E-state index contributed by atoms with van der Waals surface area (Å²) in [7, 11) is 0. The van der Waals surface area contributed by atoms with E-state index in [1.54, 1.807) is 20.8 Å². The van der Waals surface area contributed by atoms with Crippen molar-refractivity contribution in [2.24, 2.45) is 34.3 Å². The average molecular weight is 522 g/mol. The fourth-order valence-electron chi connectivity index (χ4n) is 5.71. The van der Waals surface area contributed by atoms with Crippen LogP contribution in [0.4, 0.5) is 4.79 Å². The number of primary amides is 1. The molecule has 208 valence electrons. The first-order chi connectivity index (χ1) is 16.8. The lowest BCUT2D eigenvalue weighted by Gasteiger charge is -2.38. The van der Waals surface area contributed by atoms with E-state index in [4.69, 9.17) is 10.5 Å². The normalized spacial score (nSPS) is 28.0. The van der Waals surface area contributed by atoms with Crippen LogP contribution >= 0.6 is 0 Å². The molecule has 0 aromatic carbocycles. The van der Waals surface area contributed by atoms with Gasteiger partial charge in [-0.2, -0.15) is 0 Å². The highest BCUT2D eigenvalue weighted by molar-refractivity contribution is 5.95. The van der Waals surface area contributed by atoms with Gasteiger partial charge in [0.2, 0.25) is 23.6 Å². The fourth-order valence-corrected chi connectivity index (χ4v) is 5.71. The number of hydrogen-bond donors (Lipinski definition) is 4. The van der Waals surface area contributed by atoms with Gasteiger partial charge in [0.25, 0.3) is 0 Å². The molecule has 11 heteroatoms. The molecule has 0 bridgehead atoms. The van der Waals surface area contributed by atoms with Crippen LogP contribution < -0.4 is 21.7 Å². The number of ether oxygens (including phenoxy) is 1. The number of likely N-dealkylation sites (tertiary alicyclic amines) is 1. The van der Waals surface area contributed by atoms with Gasteiger partial charge in [0.1, 0.15) is 23.7 Å². The first-order valence-electron chi connectivity index (χ1n) is 13.0. The first-order valence-corrected chi connectivity index (χ1v) is 13.0. The van der Waals surface area contributed by atoms with E-state index in [1.807, 2.05) is 20.8 Å². The Morgan fingerprint density at radius 2 is 1.76 bits per heavy atom. The van der Waals surface area contributed by atoms with Crippen molar-refractivity contribution < 1.29 is 28.7 Å². The maximum absolute atomic E-state index is 13.9. The summed E-state index contributed by atoms with van der Waals surface area (Å²) in [6.45, 7) is 15.7. The Morgan fingerprint density at radius 1 is 1.14 bits per heavy atom. The van der Waals surface area contributed by atoms with Crippen LogP contribution in [0.3, 0.4) is 0 Å². The molecule has 11 nitrogen and oxygen atoms in total. The third kappa shape index (κ3) is 6.18. The van der Waals surface area contributed by atoms with E-state index in [1.165, 1.54) is 4.90 Å². The van der Waals surface area contributed by atoms with Gasteiger partial charge in [-0.3, -0.25) is 19.2 Å². The van der Waals surface area contributed by atoms with Crippen LogP contribution in [0.5, 0.6) is 0 Å². The SMILES string of the molecule is CC(C)(C)OC(=O)N[C@H](C(=O)N1C[C@H]2[C@@H](C1C(=O)N[C@@H](C[C@@H]1CCNC1=O)C(N)=O)C2(C)C)C(C)(C)C. The molecule has 5 N–H and O–H groups in total. The van der Waals surface area contributed by atoms with Gasteiger partial charge in [-0.1, -0.05) is 34.6 Å². The minimum absolute atomic E-state index is 0.0955. The Labute approximate surface area is 219 Å². The summed E-state index contributed by atoms with van der Waals surface area (Å²) in [6.07, 6.45) is -0.0425. The molecular weight excluding hydrogens is 478 g/mol. The zero-order chi connectivity index (χ0) is 28.1. The molecular formula is C26H43N5O6. The van der Waals surface area contributed by atoms with Gasteiger partial charge in [0.05, 0.1) is 0 Å². The lowest BCUT2D eigenvalue weighted by molar-refractivity contribution is -0.144. The maximum atomic E-state index is 13.9. The van der Waals surface area contributed by atoms with Gasteiger partial charge < -0.3 is 31.3 Å². The van der Waals surface area contributed by atoms with Crippen molar-refractivity contribution in [2.75, 3.05) is 13.1 Å². The van der Waals surface area contributed by atoms with Gasteiger partial charge in [0.15, 0.2) is 0 Å². The molecule has 37 heavy (non-hydrogen) atoms. The van der Waals surface area contributed by atoms with E-state index in [0.717, 1.165) is 0 Å². The fraction of sp³-hybridized carbons (Fsp3) is 0.808. The summed E-state index contributed by atoms with van der Waals surface area (Å²) in [5.41, 5.74) is 4.03. The van der Waals surface area contributed by atoms with Crippen molar-refractivity contribution in [1.29, 1.82) is 0 Å². The van der Waals surface area contributed by atoms with Crippen LogP contribution in [0.15, 0.2) is 0 Å². The number of alkyl carbamates (subject to hydrolysis) is 1. The number of nitrogens with one attached hydrogen (secondary N) is 3. The smallest absolute Gasteiger partial charge is 0.408 e. The second-order valence-electron chi connectivity index (χ2n) is 13.3. The van der Waals surface area contributed by atoms with Gasteiger partial charge in [-0.15, -0.1) is 0 Å². The van der Waals surface area contributed by atoms with Crippen LogP contribution in [-0.2, 0) is 23.9 Å². The van der Waals surface area contributed by atoms with Gasteiger partial charge in [-0.25, -0.2) is 4.79 Å². The monoisotopic (exact) mass is 521 g/mol. The van der Waals surface area contributed by atoms with E-state index in [0.29, 0.717) is 19.5 Å². The predicted octanol–water partition coefficient (Wildman–Crippen LogP) is 0.905. The van der Waals surface area contributed by atoms with Crippen LogP contribution in [0, 0.1) is 28.6 Å². The minimum Gasteiger partial charge on any atom is -0.444 e. The zero-order valence-electron chi connectivity index (χ0n) is 23.3. The highest BCUT2D eigenvalue weighted by Crippen LogP contribution is 2.65. The van der Waals surface area contributed by atoms with Crippen LogP contribution in [0.2, 0.25) is 0 Å². The molecule has 2 heterocycles. The molecule has 0 aromatic rings. The third-order valence-electron chi connectivity index (χ3n) is 7.88. The maximum Gasteiger partial charge on any atom is 0.408 e. The Morgan fingerprint density at radius 3 is 2.24 bits per heavy atom. The summed E-state index contributed by atoms with van der Waals surface area (Å²) >= 11 is 0. The molecule has 0 spiro atoms. The van der Waals surface area contributed by atoms with Crippen molar-refractivity contribution in [3.05, 3.63) is 0 Å². The lowest BCUT2D eigenvalue weighted by Crippen LogP contribution is -2.60. The molecule has 3 rings (SSSR count).